The van der Waals surface area contributed by atoms with E-state index in [-0.39, 0.29) is 17.9 Å². The molecule has 1 N–H and O–H groups in total. The zero-order valence-corrected chi connectivity index (χ0v) is 13.3. The van der Waals surface area contributed by atoms with Crippen LogP contribution in [0.3, 0.4) is 0 Å². The Balaban J connectivity index is 2.13. The maximum atomic E-state index is 12.5. The van der Waals surface area contributed by atoms with E-state index in [4.69, 9.17) is 4.74 Å². The summed E-state index contributed by atoms with van der Waals surface area (Å²) in [5.41, 5.74) is 0.408. The van der Waals surface area contributed by atoms with Crippen molar-refractivity contribution >= 4 is 6.09 Å². The highest BCUT2D eigenvalue weighted by atomic mass is 16.6. The van der Waals surface area contributed by atoms with Gasteiger partial charge in [-0.15, -0.1) is 0 Å². The van der Waals surface area contributed by atoms with Crippen molar-refractivity contribution in [2.45, 2.75) is 58.7 Å². The molecule has 0 spiro atoms. The molecule has 1 saturated carbocycles. The molecule has 0 aliphatic heterocycles. The molecular formula is C17H25NO3. The maximum Gasteiger partial charge on any atom is 0.410 e. The summed E-state index contributed by atoms with van der Waals surface area (Å²) in [6.45, 7) is 8.16. The number of nitrogens with zero attached hydrogens (tertiary/aromatic N) is 1. The first-order valence-electron chi connectivity index (χ1n) is 7.54. The van der Waals surface area contributed by atoms with Gasteiger partial charge in [0, 0.05) is 12.6 Å². The zero-order chi connectivity index (χ0) is 15.6. The summed E-state index contributed by atoms with van der Waals surface area (Å²) in [7, 11) is 0. The van der Waals surface area contributed by atoms with Crippen LogP contribution < -0.4 is 0 Å². The molecule has 1 atom stereocenters. The molecule has 1 aromatic rings. The summed E-state index contributed by atoms with van der Waals surface area (Å²) in [6.07, 6.45) is 2.05. The van der Waals surface area contributed by atoms with Crippen LogP contribution in [0, 0.1) is 5.92 Å². The molecule has 2 rings (SSSR count). The monoisotopic (exact) mass is 291 g/mol. The number of benzene rings is 1. The van der Waals surface area contributed by atoms with Crippen LogP contribution in [0.1, 0.15) is 46.1 Å². The molecule has 21 heavy (non-hydrogen) atoms. The fourth-order valence-corrected chi connectivity index (χ4v) is 2.38. The van der Waals surface area contributed by atoms with Crippen LogP contribution in [0.25, 0.3) is 0 Å². The summed E-state index contributed by atoms with van der Waals surface area (Å²) >= 11 is 0. The summed E-state index contributed by atoms with van der Waals surface area (Å²) in [4.78, 5) is 14.2. The second-order valence-corrected chi connectivity index (χ2v) is 6.86. The largest absolute Gasteiger partial charge is 0.508 e. The van der Waals surface area contributed by atoms with Crippen molar-refractivity contribution in [3.8, 4) is 5.75 Å². The van der Waals surface area contributed by atoms with Gasteiger partial charge in [0.2, 0.25) is 0 Å². The van der Waals surface area contributed by atoms with Crippen molar-refractivity contribution in [3.05, 3.63) is 29.8 Å². The van der Waals surface area contributed by atoms with Gasteiger partial charge in [-0.25, -0.2) is 4.79 Å². The van der Waals surface area contributed by atoms with Gasteiger partial charge in [0.15, 0.2) is 0 Å². The Morgan fingerprint density at radius 2 is 2.10 bits per heavy atom. The lowest BCUT2D eigenvalue weighted by Gasteiger charge is -2.32. The van der Waals surface area contributed by atoms with Crippen LogP contribution in [0.5, 0.6) is 5.75 Å². The SMILES string of the molecule is CC(C1CC1)N(Cc1cccc(O)c1)C(=O)OC(C)(C)C. The van der Waals surface area contributed by atoms with E-state index in [9.17, 15) is 9.90 Å². The first kappa shape index (κ1) is 15.7. The van der Waals surface area contributed by atoms with E-state index in [1.54, 1.807) is 23.1 Å². The summed E-state index contributed by atoms with van der Waals surface area (Å²) in [6, 6.07) is 7.18. The molecule has 0 radical (unpaired) electrons. The molecule has 1 aliphatic rings. The molecule has 1 unspecified atom stereocenters. The minimum Gasteiger partial charge on any atom is -0.508 e. The average molecular weight is 291 g/mol. The quantitative estimate of drug-likeness (QED) is 0.914. The number of phenols is 1. The van der Waals surface area contributed by atoms with Crippen LogP contribution in [-0.4, -0.2) is 27.7 Å². The smallest absolute Gasteiger partial charge is 0.410 e. The number of aromatic hydroxyl groups is 1. The fraction of sp³-hybridized carbons (Fsp3) is 0.588. The first-order chi connectivity index (χ1) is 9.76. The Hall–Kier alpha value is -1.71. The Kier molecular flexibility index (Phi) is 4.45. The van der Waals surface area contributed by atoms with Gasteiger partial charge in [-0.2, -0.15) is 0 Å². The number of rotatable bonds is 4. The molecule has 4 nitrogen and oxygen atoms in total. The van der Waals surface area contributed by atoms with Crippen molar-refractivity contribution in [2.24, 2.45) is 5.92 Å². The Morgan fingerprint density at radius 1 is 1.43 bits per heavy atom. The molecule has 1 aromatic carbocycles. The summed E-state index contributed by atoms with van der Waals surface area (Å²) in [5, 5.41) is 9.58. The van der Waals surface area contributed by atoms with E-state index in [0.717, 1.165) is 5.56 Å². The molecule has 0 aromatic heterocycles. The average Bonchev–Trinajstić information content (AvgIpc) is 3.17. The van der Waals surface area contributed by atoms with Crippen LogP contribution in [0.4, 0.5) is 4.79 Å². The van der Waals surface area contributed by atoms with E-state index in [1.807, 2.05) is 26.8 Å². The van der Waals surface area contributed by atoms with E-state index in [0.29, 0.717) is 12.5 Å². The van der Waals surface area contributed by atoms with E-state index >= 15 is 0 Å². The molecule has 1 aliphatic carbocycles. The lowest BCUT2D eigenvalue weighted by atomic mass is 10.1. The second kappa shape index (κ2) is 5.96. The van der Waals surface area contributed by atoms with E-state index in [1.165, 1.54) is 12.8 Å². The van der Waals surface area contributed by atoms with Crippen LogP contribution in [-0.2, 0) is 11.3 Å². The van der Waals surface area contributed by atoms with Crippen LogP contribution in [0.2, 0.25) is 0 Å². The predicted molar refractivity (Wildman–Crippen MR) is 82.1 cm³/mol. The molecule has 0 heterocycles. The van der Waals surface area contributed by atoms with Crippen LogP contribution >= 0.6 is 0 Å². The molecule has 4 heteroatoms. The molecule has 1 amide bonds. The van der Waals surface area contributed by atoms with Crippen molar-refractivity contribution < 1.29 is 14.6 Å². The van der Waals surface area contributed by atoms with Crippen molar-refractivity contribution in [3.63, 3.8) is 0 Å². The third-order valence-electron chi connectivity index (χ3n) is 3.69. The molecule has 116 valence electrons. The lowest BCUT2D eigenvalue weighted by molar-refractivity contribution is 0.0134. The molecular weight excluding hydrogens is 266 g/mol. The first-order valence-corrected chi connectivity index (χ1v) is 7.54. The summed E-state index contributed by atoms with van der Waals surface area (Å²) < 4.78 is 5.53. The fourth-order valence-electron chi connectivity index (χ4n) is 2.38. The van der Waals surface area contributed by atoms with E-state index in [2.05, 4.69) is 6.92 Å². The highest BCUT2D eigenvalue weighted by molar-refractivity contribution is 5.68. The van der Waals surface area contributed by atoms with Gasteiger partial charge >= 0.3 is 6.09 Å². The topological polar surface area (TPSA) is 49.8 Å². The van der Waals surface area contributed by atoms with E-state index < -0.39 is 5.60 Å². The summed E-state index contributed by atoms with van der Waals surface area (Å²) in [5.74, 6) is 0.783. The number of hydrogen-bond donors (Lipinski definition) is 1. The van der Waals surface area contributed by atoms with Gasteiger partial charge in [0.1, 0.15) is 11.4 Å². The molecule has 0 bridgehead atoms. The maximum absolute atomic E-state index is 12.5. The van der Waals surface area contributed by atoms with Gasteiger partial charge in [0.25, 0.3) is 0 Å². The minimum atomic E-state index is -0.503. The standard InChI is InChI=1S/C17H25NO3/c1-12(14-8-9-14)18(16(20)21-17(2,3)4)11-13-6-5-7-15(19)10-13/h5-7,10,12,14,19H,8-9,11H2,1-4H3. The molecule has 1 fully saturated rings. The van der Waals surface area contributed by atoms with Gasteiger partial charge in [-0.1, -0.05) is 12.1 Å². The van der Waals surface area contributed by atoms with Crippen molar-refractivity contribution in [1.82, 2.24) is 4.90 Å². The lowest BCUT2D eigenvalue weighted by Crippen LogP contribution is -2.42. The van der Waals surface area contributed by atoms with Crippen molar-refractivity contribution in [2.75, 3.05) is 0 Å². The minimum absolute atomic E-state index is 0.155. The van der Waals surface area contributed by atoms with Gasteiger partial charge in [0.05, 0.1) is 0 Å². The third kappa shape index (κ3) is 4.66. The van der Waals surface area contributed by atoms with Gasteiger partial charge < -0.3 is 14.7 Å². The van der Waals surface area contributed by atoms with Gasteiger partial charge in [-0.05, 0) is 64.2 Å². The van der Waals surface area contributed by atoms with Gasteiger partial charge in [-0.3, -0.25) is 0 Å². The number of phenolic OH excluding ortho intramolecular Hbond substituents is 1. The highest BCUT2D eigenvalue weighted by Gasteiger charge is 2.36. The zero-order valence-electron chi connectivity index (χ0n) is 13.3. The predicted octanol–water partition coefficient (Wildman–Crippen LogP) is 3.93. The van der Waals surface area contributed by atoms with Crippen LogP contribution in [0.15, 0.2) is 24.3 Å². The Labute approximate surface area is 126 Å². The number of ether oxygens (including phenoxy) is 1. The number of carbonyl (C=O) groups is 1. The highest BCUT2D eigenvalue weighted by Crippen LogP contribution is 2.36. The second-order valence-electron chi connectivity index (χ2n) is 6.86. The normalized spacial score (nSPS) is 16.4. The molecule has 0 saturated heterocycles. The third-order valence-corrected chi connectivity index (χ3v) is 3.69. The Bertz CT molecular complexity index is 503. The van der Waals surface area contributed by atoms with Crippen molar-refractivity contribution in [1.29, 1.82) is 0 Å². The number of hydrogen-bond acceptors (Lipinski definition) is 3. The number of carbonyl (C=O) groups excluding carboxylic acids is 1. The Morgan fingerprint density at radius 3 is 2.62 bits per heavy atom. The number of amides is 1.